The van der Waals surface area contributed by atoms with Gasteiger partial charge in [-0.2, -0.15) is 0 Å². The van der Waals surface area contributed by atoms with Gasteiger partial charge in [0.25, 0.3) is 0 Å². The van der Waals surface area contributed by atoms with Crippen LogP contribution in [0.5, 0.6) is 0 Å². The Morgan fingerprint density at radius 3 is 2.86 bits per heavy atom. The molecule has 4 heterocycles. The smallest absolute Gasteiger partial charge is 0.217 e. The van der Waals surface area contributed by atoms with Crippen molar-refractivity contribution in [3.8, 4) is 0 Å². The van der Waals surface area contributed by atoms with Crippen molar-refractivity contribution in [2.24, 2.45) is 0 Å². The summed E-state index contributed by atoms with van der Waals surface area (Å²) in [6, 6.07) is 13.9. The van der Waals surface area contributed by atoms with Crippen molar-refractivity contribution in [2.75, 3.05) is 5.75 Å². The van der Waals surface area contributed by atoms with E-state index in [2.05, 4.69) is 26.9 Å². The van der Waals surface area contributed by atoms with Crippen molar-refractivity contribution in [1.29, 1.82) is 0 Å². The molecule has 0 saturated carbocycles. The van der Waals surface area contributed by atoms with E-state index in [1.807, 2.05) is 48.6 Å². The van der Waals surface area contributed by atoms with E-state index in [4.69, 9.17) is 4.42 Å². The summed E-state index contributed by atoms with van der Waals surface area (Å²) < 4.78 is 10.7. The molecule has 0 aliphatic heterocycles. The number of hydrogen-bond acceptors (Lipinski definition) is 6. The number of hydrogen-bond donors (Lipinski definition) is 0. The molecule has 29 heavy (non-hydrogen) atoms. The highest BCUT2D eigenvalue weighted by atomic mass is 32.2. The second-order valence-electron chi connectivity index (χ2n) is 6.83. The first-order valence-corrected chi connectivity index (χ1v) is 11.0. The van der Waals surface area contributed by atoms with E-state index in [0.29, 0.717) is 12.3 Å². The number of benzene rings is 1. The number of furan rings is 1. The molecule has 6 nitrogen and oxygen atoms in total. The molecule has 146 valence electrons. The first kappa shape index (κ1) is 18.2. The summed E-state index contributed by atoms with van der Waals surface area (Å²) in [6.45, 7) is 4.62. The molecule has 0 saturated heterocycles. The fourth-order valence-electron chi connectivity index (χ4n) is 3.54. The van der Waals surface area contributed by atoms with Gasteiger partial charge in [0.2, 0.25) is 4.96 Å². The Morgan fingerprint density at radius 1 is 1.17 bits per heavy atom. The molecule has 4 aromatic heterocycles. The van der Waals surface area contributed by atoms with E-state index < -0.39 is 0 Å². The van der Waals surface area contributed by atoms with E-state index in [0.717, 1.165) is 43.0 Å². The van der Waals surface area contributed by atoms with Crippen molar-refractivity contribution in [3.63, 3.8) is 0 Å². The lowest BCUT2D eigenvalue weighted by molar-refractivity contribution is 0.102. The van der Waals surface area contributed by atoms with E-state index in [-0.39, 0.29) is 5.78 Å². The first-order valence-electron chi connectivity index (χ1n) is 9.19. The van der Waals surface area contributed by atoms with Gasteiger partial charge in [-0.15, -0.1) is 10.2 Å². The van der Waals surface area contributed by atoms with Gasteiger partial charge < -0.3 is 8.98 Å². The number of nitrogens with zero attached hydrogens (tertiary/aromatic N) is 4. The van der Waals surface area contributed by atoms with Crippen molar-refractivity contribution in [1.82, 2.24) is 19.2 Å². The van der Waals surface area contributed by atoms with Crippen LogP contribution < -0.4 is 0 Å². The lowest BCUT2D eigenvalue weighted by atomic mass is 10.2. The molecule has 0 radical (unpaired) electrons. The van der Waals surface area contributed by atoms with Gasteiger partial charge in [0.1, 0.15) is 5.76 Å². The van der Waals surface area contributed by atoms with Gasteiger partial charge in [0.05, 0.1) is 28.8 Å². The topological polar surface area (TPSA) is 65.3 Å². The zero-order valence-corrected chi connectivity index (χ0v) is 17.6. The summed E-state index contributed by atoms with van der Waals surface area (Å²) in [7, 11) is 0. The Morgan fingerprint density at radius 2 is 2.03 bits per heavy atom. The van der Waals surface area contributed by atoms with Gasteiger partial charge in [0.15, 0.2) is 10.9 Å². The fraction of sp³-hybridized carbons (Fsp3) is 0.190. The molecule has 0 atom stereocenters. The van der Waals surface area contributed by atoms with E-state index in [1.54, 1.807) is 17.6 Å². The van der Waals surface area contributed by atoms with Crippen LogP contribution in [0.3, 0.4) is 0 Å². The Balaban J connectivity index is 1.38. The highest BCUT2D eigenvalue weighted by Gasteiger charge is 2.19. The summed E-state index contributed by atoms with van der Waals surface area (Å²) in [5.74, 6) is 1.27. The second kappa shape index (κ2) is 7.20. The minimum atomic E-state index is 0.0880. The van der Waals surface area contributed by atoms with E-state index in [9.17, 15) is 4.79 Å². The zero-order chi connectivity index (χ0) is 20.0. The minimum absolute atomic E-state index is 0.0880. The maximum atomic E-state index is 13.0. The number of thioether (sulfide) groups is 1. The van der Waals surface area contributed by atoms with Crippen molar-refractivity contribution >= 4 is 44.1 Å². The van der Waals surface area contributed by atoms with Crippen LogP contribution in [0.1, 0.15) is 27.5 Å². The third-order valence-electron chi connectivity index (χ3n) is 5.01. The highest BCUT2D eigenvalue weighted by Crippen LogP contribution is 2.30. The van der Waals surface area contributed by atoms with Crippen LogP contribution >= 0.6 is 23.1 Å². The van der Waals surface area contributed by atoms with Crippen molar-refractivity contribution in [2.45, 2.75) is 25.5 Å². The number of rotatable bonds is 6. The normalized spacial score (nSPS) is 11.7. The van der Waals surface area contributed by atoms with E-state index >= 15 is 0 Å². The lowest BCUT2D eigenvalue weighted by Crippen LogP contribution is -2.07. The minimum Gasteiger partial charge on any atom is -0.467 e. The summed E-state index contributed by atoms with van der Waals surface area (Å²) in [6.07, 6.45) is 1.67. The summed E-state index contributed by atoms with van der Waals surface area (Å²) >= 11 is 3.03. The SMILES string of the molecule is Cc1cc(C(=O)CSc2nnc3sc4ccccc4n23)c(C)n1Cc1ccco1. The van der Waals surface area contributed by atoms with Gasteiger partial charge in [-0.3, -0.25) is 9.20 Å². The molecule has 0 aliphatic carbocycles. The average molecular weight is 423 g/mol. The third kappa shape index (κ3) is 3.18. The Kier molecular flexibility index (Phi) is 4.52. The first-order chi connectivity index (χ1) is 14.1. The molecule has 0 bridgehead atoms. The van der Waals surface area contributed by atoms with Crippen molar-refractivity contribution in [3.05, 3.63) is 71.4 Å². The molecule has 5 aromatic rings. The fourth-order valence-corrected chi connectivity index (χ4v) is 5.39. The summed E-state index contributed by atoms with van der Waals surface area (Å²) in [4.78, 5) is 13.8. The number of carbonyl (C=O) groups excluding carboxylic acids is 1. The van der Waals surface area contributed by atoms with Crippen LogP contribution in [0.25, 0.3) is 15.2 Å². The number of aromatic nitrogens is 4. The Labute approximate surface area is 175 Å². The van der Waals surface area contributed by atoms with Gasteiger partial charge in [-0.1, -0.05) is 35.2 Å². The number of Topliss-reactive ketones (excluding diaryl/α,β-unsaturated/α-hetero) is 1. The molecule has 1 aromatic carbocycles. The van der Waals surface area contributed by atoms with Gasteiger partial charge >= 0.3 is 0 Å². The highest BCUT2D eigenvalue weighted by molar-refractivity contribution is 7.99. The Bertz CT molecular complexity index is 1330. The zero-order valence-electron chi connectivity index (χ0n) is 16.0. The van der Waals surface area contributed by atoms with Crippen LogP contribution in [0, 0.1) is 13.8 Å². The van der Waals surface area contributed by atoms with E-state index in [1.165, 1.54) is 11.8 Å². The van der Waals surface area contributed by atoms with Crippen LogP contribution in [-0.4, -0.2) is 30.7 Å². The van der Waals surface area contributed by atoms with Gasteiger partial charge in [-0.05, 0) is 44.2 Å². The molecule has 0 spiro atoms. The number of aryl methyl sites for hydroxylation is 1. The Hall–Kier alpha value is -2.84. The van der Waals surface area contributed by atoms with Crippen LogP contribution in [0.15, 0.2) is 58.3 Å². The third-order valence-corrected chi connectivity index (χ3v) is 6.95. The predicted octanol–water partition coefficient (Wildman–Crippen LogP) is 4.98. The monoisotopic (exact) mass is 422 g/mol. The maximum Gasteiger partial charge on any atom is 0.217 e. The molecular formula is C21H18N4O2S2. The second-order valence-corrected chi connectivity index (χ2v) is 8.78. The van der Waals surface area contributed by atoms with Crippen LogP contribution in [0.2, 0.25) is 0 Å². The maximum absolute atomic E-state index is 13.0. The molecule has 0 fully saturated rings. The molecule has 8 heteroatoms. The summed E-state index contributed by atoms with van der Waals surface area (Å²) in [5.41, 5.74) is 3.82. The van der Waals surface area contributed by atoms with Gasteiger partial charge in [0, 0.05) is 17.0 Å². The number of fused-ring (bicyclic) bond motifs is 3. The van der Waals surface area contributed by atoms with Crippen LogP contribution in [-0.2, 0) is 6.54 Å². The quantitative estimate of drug-likeness (QED) is 0.285. The number of ketones is 1. The molecule has 0 amide bonds. The number of thiazole rings is 1. The largest absolute Gasteiger partial charge is 0.467 e. The standard InChI is InChI=1S/C21H18N4O2S2/c1-13-10-16(14(2)24(13)11-15-6-5-9-27-15)18(26)12-28-20-22-23-21-25(20)17-7-3-4-8-19(17)29-21/h3-10H,11-12H2,1-2H3. The summed E-state index contributed by atoms with van der Waals surface area (Å²) in [5, 5.41) is 9.30. The molecule has 0 aliphatic rings. The molecule has 0 N–H and O–H groups in total. The number of carbonyl (C=O) groups is 1. The molecule has 0 unspecified atom stereocenters. The molecule has 5 rings (SSSR count). The van der Waals surface area contributed by atoms with Crippen LogP contribution in [0.4, 0.5) is 0 Å². The van der Waals surface area contributed by atoms with Gasteiger partial charge in [-0.25, -0.2) is 0 Å². The van der Waals surface area contributed by atoms with Crippen molar-refractivity contribution < 1.29 is 9.21 Å². The lowest BCUT2D eigenvalue weighted by Gasteiger charge is -2.07. The predicted molar refractivity (Wildman–Crippen MR) is 115 cm³/mol. The number of para-hydroxylation sites is 1. The average Bonchev–Trinajstić information content (AvgIpc) is 3.48. The molecular weight excluding hydrogens is 404 g/mol.